The molecule has 1 saturated carbocycles. The monoisotopic (exact) mass is 231 g/mol. The third-order valence-electron chi connectivity index (χ3n) is 4.40. The van der Waals surface area contributed by atoms with Crippen LogP contribution in [-0.2, 0) is 6.42 Å². The van der Waals surface area contributed by atoms with Crippen molar-refractivity contribution in [1.29, 1.82) is 0 Å². The van der Waals surface area contributed by atoms with Crippen LogP contribution in [0.15, 0.2) is 24.3 Å². The van der Waals surface area contributed by atoms with E-state index in [9.17, 15) is 0 Å². The van der Waals surface area contributed by atoms with Crippen molar-refractivity contribution in [1.82, 2.24) is 0 Å². The molecule has 1 aromatic carbocycles. The SMILES string of the molecule is CCC1CCCCC1(N)Cc1ccc(C)cc1. The van der Waals surface area contributed by atoms with Crippen LogP contribution >= 0.6 is 0 Å². The lowest BCUT2D eigenvalue weighted by atomic mass is 9.69. The van der Waals surface area contributed by atoms with E-state index in [0.717, 1.165) is 6.42 Å². The van der Waals surface area contributed by atoms with E-state index in [1.807, 2.05) is 0 Å². The lowest BCUT2D eigenvalue weighted by Crippen LogP contribution is -2.50. The zero-order valence-electron chi connectivity index (χ0n) is 11.2. The van der Waals surface area contributed by atoms with Crippen molar-refractivity contribution in [3.05, 3.63) is 35.4 Å². The Bertz CT molecular complexity index is 354. The van der Waals surface area contributed by atoms with Crippen LogP contribution in [0.3, 0.4) is 0 Å². The summed E-state index contributed by atoms with van der Waals surface area (Å²) in [6, 6.07) is 8.88. The fourth-order valence-electron chi connectivity index (χ4n) is 3.27. The summed E-state index contributed by atoms with van der Waals surface area (Å²) in [6.07, 6.45) is 7.45. The molecule has 0 heterocycles. The average Bonchev–Trinajstić information content (AvgIpc) is 2.32. The number of rotatable bonds is 3. The lowest BCUT2D eigenvalue weighted by Gasteiger charge is -2.41. The van der Waals surface area contributed by atoms with E-state index < -0.39 is 0 Å². The highest BCUT2D eigenvalue weighted by atomic mass is 14.8. The fraction of sp³-hybridized carbons (Fsp3) is 0.625. The molecule has 17 heavy (non-hydrogen) atoms. The van der Waals surface area contributed by atoms with Gasteiger partial charge in [-0.2, -0.15) is 0 Å². The van der Waals surface area contributed by atoms with Crippen molar-refractivity contribution in [2.75, 3.05) is 0 Å². The fourth-order valence-corrected chi connectivity index (χ4v) is 3.27. The van der Waals surface area contributed by atoms with Gasteiger partial charge in [0.1, 0.15) is 0 Å². The van der Waals surface area contributed by atoms with Gasteiger partial charge in [0.05, 0.1) is 0 Å². The van der Waals surface area contributed by atoms with Gasteiger partial charge in [-0.05, 0) is 37.7 Å². The van der Waals surface area contributed by atoms with Gasteiger partial charge in [-0.1, -0.05) is 56.0 Å². The topological polar surface area (TPSA) is 26.0 Å². The first-order valence-corrected chi connectivity index (χ1v) is 6.98. The normalized spacial score (nSPS) is 29.2. The molecule has 1 aromatic rings. The molecule has 2 unspecified atom stereocenters. The molecule has 1 aliphatic rings. The highest BCUT2D eigenvalue weighted by Crippen LogP contribution is 2.36. The molecular formula is C16H25N. The van der Waals surface area contributed by atoms with Crippen molar-refractivity contribution in [3.8, 4) is 0 Å². The maximum atomic E-state index is 6.68. The number of aryl methyl sites for hydroxylation is 1. The maximum absolute atomic E-state index is 6.68. The summed E-state index contributed by atoms with van der Waals surface area (Å²) >= 11 is 0. The van der Waals surface area contributed by atoms with Crippen LogP contribution in [0.5, 0.6) is 0 Å². The largest absolute Gasteiger partial charge is 0.325 e. The number of hydrogen-bond acceptors (Lipinski definition) is 1. The third-order valence-corrected chi connectivity index (χ3v) is 4.40. The number of hydrogen-bond donors (Lipinski definition) is 1. The Morgan fingerprint density at radius 1 is 1.24 bits per heavy atom. The summed E-state index contributed by atoms with van der Waals surface area (Å²) in [6.45, 7) is 4.42. The maximum Gasteiger partial charge on any atom is 0.0223 e. The first-order valence-electron chi connectivity index (χ1n) is 6.98. The molecule has 1 fully saturated rings. The van der Waals surface area contributed by atoms with Gasteiger partial charge in [-0.25, -0.2) is 0 Å². The zero-order valence-corrected chi connectivity index (χ0v) is 11.2. The Kier molecular flexibility index (Phi) is 3.88. The van der Waals surface area contributed by atoms with E-state index in [1.165, 1.54) is 43.2 Å². The van der Waals surface area contributed by atoms with Crippen molar-refractivity contribution < 1.29 is 0 Å². The molecule has 0 aliphatic heterocycles. The van der Waals surface area contributed by atoms with Gasteiger partial charge in [-0.15, -0.1) is 0 Å². The molecule has 2 N–H and O–H groups in total. The molecule has 0 radical (unpaired) electrons. The van der Waals surface area contributed by atoms with Gasteiger partial charge < -0.3 is 5.73 Å². The van der Waals surface area contributed by atoms with Gasteiger partial charge >= 0.3 is 0 Å². The van der Waals surface area contributed by atoms with Crippen molar-refractivity contribution in [2.24, 2.45) is 11.7 Å². The van der Waals surface area contributed by atoms with Crippen LogP contribution in [0.4, 0.5) is 0 Å². The van der Waals surface area contributed by atoms with Gasteiger partial charge in [0.15, 0.2) is 0 Å². The lowest BCUT2D eigenvalue weighted by molar-refractivity contribution is 0.182. The van der Waals surface area contributed by atoms with Crippen LogP contribution in [-0.4, -0.2) is 5.54 Å². The van der Waals surface area contributed by atoms with Crippen LogP contribution in [0.2, 0.25) is 0 Å². The summed E-state index contributed by atoms with van der Waals surface area (Å²) in [5.41, 5.74) is 9.46. The summed E-state index contributed by atoms with van der Waals surface area (Å²) in [7, 11) is 0. The average molecular weight is 231 g/mol. The van der Waals surface area contributed by atoms with Crippen LogP contribution in [0.25, 0.3) is 0 Å². The van der Waals surface area contributed by atoms with Crippen molar-refractivity contribution in [2.45, 2.75) is 57.9 Å². The Morgan fingerprint density at radius 3 is 2.59 bits per heavy atom. The van der Waals surface area contributed by atoms with E-state index in [1.54, 1.807) is 0 Å². The van der Waals surface area contributed by atoms with Crippen LogP contribution in [0.1, 0.15) is 50.2 Å². The molecule has 1 aliphatic carbocycles. The van der Waals surface area contributed by atoms with E-state index in [-0.39, 0.29) is 5.54 Å². The van der Waals surface area contributed by atoms with E-state index >= 15 is 0 Å². The predicted octanol–water partition coefficient (Wildman–Crippen LogP) is 3.84. The molecule has 1 nitrogen and oxygen atoms in total. The third kappa shape index (κ3) is 2.90. The second kappa shape index (κ2) is 5.22. The molecule has 2 rings (SSSR count). The summed E-state index contributed by atoms with van der Waals surface area (Å²) in [4.78, 5) is 0. The molecule has 94 valence electrons. The Morgan fingerprint density at radius 2 is 1.94 bits per heavy atom. The first kappa shape index (κ1) is 12.6. The Hall–Kier alpha value is -0.820. The first-order chi connectivity index (χ1) is 8.14. The summed E-state index contributed by atoms with van der Waals surface area (Å²) in [5, 5.41) is 0. The molecule has 0 bridgehead atoms. The molecule has 0 amide bonds. The minimum absolute atomic E-state index is 0.0439. The Labute approximate surface area is 105 Å². The second-order valence-electron chi connectivity index (χ2n) is 5.75. The van der Waals surface area contributed by atoms with Crippen LogP contribution in [0, 0.1) is 12.8 Å². The van der Waals surface area contributed by atoms with Crippen LogP contribution < -0.4 is 5.73 Å². The molecule has 0 aromatic heterocycles. The van der Waals surface area contributed by atoms with Crippen molar-refractivity contribution >= 4 is 0 Å². The highest BCUT2D eigenvalue weighted by molar-refractivity contribution is 5.23. The smallest absolute Gasteiger partial charge is 0.0223 e. The predicted molar refractivity (Wildman–Crippen MR) is 74.1 cm³/mol. The standard InChI is InChI=1S/C16H25N/c1-3-15-6-4-5-11-16(15,17)12-14-9-7-13(2)8-10-14/h7-10,15H,3-6,11-12,17H2,1-2H3. The van der Waals surface area contributed by atoms with Gasteiger partial charge in [0.2, 0.25) is 0 Å². The Balaban J connectivity index is 2.11. The van der Waals surface area contributed by atoms with Crippen molar-refractivity contribution in [3.63, 3.8) is 0 Å². The molecule has 0 spiro atoms. The van der Waals surface area contributed by atoms with Gasteiger partial charge in [0, 0.05) is 5.54 Å². The summed E-state index contributed by atoms with van der Waals surface area (Å²) < 4.78 is 0. The van der Waals surface area contributed by atoms with E-state index in [4.69, 9.17) is 5.73 Å². The molecule has 2 atom stereocenters. The molecular weight excluding hydrogens is 206 g/mol. The summed E-state index contributed by atoms with van der Waals surface area (Å²) in [5.74, 6) is 0.706. The highest BCUT2D eigenvalue weighted by Gasteiger charge is 2.35. The van der Waals surface area contributed by atoms with E-state index in [0.29, 0.717) is 5.92 Å². The molecule has 0 saturated heterocycles. The number of benzene rings is 1. The minimum Gasteiger partial charge on any atom is -0.325 e. The second-order valence-corrected chi connectivity index (χ2v) is 5.75. The molecule has 1 heteroatoms. The van der Waals surface area contributed by atoms with Gasteiger partial charge in [-0.3, -0.25) is 0 Å². The quantitative estimate of drug-likeness (QED) is 0.840. The van der Waals surface area contributed by atoms with Gasteiger partial charge in [0.25, 0.3) is 0 Å². The minimum atomic E-state index is 0.0439. The zero-order chi connectivity index (χ0) is 12.3. The number of nitrogens with two attached hydrogens (primary N) is 1. The van der Waals surface area contributed by atoms with E-state index in [2.05, 4.69) is 38.1 Å².